The number of nitrogens with two attached hydrogens (primary N) is 1. The fourth-order valence-corrected chi connectivity index (χ4v) is 2.42. The molecule has 4 N–H and O–H groups in total. The highest BCUT2D eigenvalue weighted by Gasteiger charge is 2.23. The van der Waals surface area contributed by atoms with Crippen LogP contribution >= 0.6 is 0 Å². The molecule has 7 nitrogen and oxygen atoms in total. The minimum absolute atomic E-state index is 0.0611. The van der Waals surface area contributed by atoms with E-state index in [1.165, 1.54) is 0 Å². The van der Waals surface area contributed by atoms with Crippen LogP contribution in [0.5, 0.6) is 0 Å². The van der Waals surface area contributed by atoms with Crippen molar-refractivity contribution >= 4 is 17.9 Å². The molecule has 7 heteroatoms. The molecule has 0 aliphatic rings. The largest absolute Gasteiger partial charge is 0.445 e. The van der Waals surface area contributed by atoms with Crippen molar-refractivity contribution in [3.63, 3.8) is 0 Å². The molecule has 2 aromatic rings. The number of carbonyl (C=O) groups is 3. The van der Waals surface area contributed by atoms with Crippen LogP contribution in [-0.4, -0.2) is 30.5 Å². The Balaban J connectivity index is 1.82. The molecule has 2 aromatic carbocycles. The summed E-state index contributed by atoms with van der Waals surface area (Å²) in [6, 6.07) is 17.7. The van der Waals surface area contributed by atoms with E-state index >= 15 is 0 Å². The van der Waals surface area contributed by atoms with E-state index in [0.29, 0.717) is 13.0 Å². The van der Waals surface area contributed by atoms with Crippen molar-refractivity contribution in [1.29, 1.82) is 0 Å². The second-order valence-electron chi connectivity index (χ2n) is 5.96. The third kappa shape index (κ3) is 7.60. The zero-order valence-electron chi connectivity index (χ0n) is 14.9. The molecule has 1 atom stereocenters. The standard InChI is InChI=1S/C20H23N3O4/c21-18(24)13-17(19(25)22-12-11-15-7-3-1-4-8-15)23-20(26)27-14-16-9-5-2-6-10-16/h1-10,17H,11-14H2,(H2,21,24)(H,22,25)(H,23,26)/t17-/m1/s1. The number of carbonyl (C=O) groups excluding carboxylic acids is 3. The van der Waals surface area contributed by atoms with Crippen molar-refractivity contribution in [2.45, 2.75) is 25.5 Å². The van der Waals surface area contributed by atoms with Gasteiger partial charge in [0.1, 0.15) is 12.6 Å². The van der Waals surface area contributed by atoms with Crippen molar-refractivity contribution in [1.82, 2.24) is 10.6 Å². The number of rotatable bonds is 9. The van der Waals surface area contributed by atoms with E-state index in [4.69, 9.17) is 10.5 Å². The summed E-state index contributed by atoms with van der Waals surface area (Å²) in [7, 11) is 0. The summed E-state index contributed by atoms with van der Waals surface area (Å²) in [5.74, 6) is -1.18. The highest BCUT2D eigenvalue weighted by Crippen LogP contribution is 2.02. The van der Waals surface area contributed by atoms with Crippen LogP contribution in [0.1, 0.15) is 17.5 Å². The summed E-state index contributed by atoms with van der Waals surface area (Å²) in [5.41, 5.74) is 7.06. The fourth-order valence-electron chi connectivity index (χ4n) is 2.42. The van der Waals surface area contributed by atoms with E-state index in [-0.39, 0.29) is 13.0 Å². The Kier molecular flexibility index (Phi) is 7.84. The average Bonchev–Trinajstić information content (AvgIpc) is 2.67. The van der Waals surface area contributed by atoms with E-state index in [2.05, 4.69) is 10.6 Å². The minimum atomic E-state index is -1.08. The van der Waals surface area contributed by atoms with Crippen LogP contribution in [0.15, 0.2) is 60.7 Å². The smallest absolute Gasteiger partial charge is 0.408 e. The molecule has 2 rings (SSSR count). The van der Waals surface area contributed by atoms with Crippen molar-refractivity contribution in [2.24, 2.45) is 5.73 Å². The van der Waals surface area contributed by atoms with Crippen molar-refractivity contribution in [3.05, 3.63) is 71.8 Å². The monoisotopic (exact) mass is 369 g/mol. The van der Waals surface area contributed by atoms with Crippen LogP contribution in [0.2, 0.25) is 0 Å². The molecular formula is C20H23N3O4. The second-order valence-corrected chi connectivity index (χ2v) is 5.96. The lowest BCUT2D eigenvalue weighted by Gasteiger charge is -2.17. The van der Waals surface area contributed by atoms with Crippen molar-refractivity contribution < 1.29 is 19.1 Å². The molecule has 142 valence electrons. The lowest BCUT2D eigenvalue weighted by Crippen LogP contribution is -2.49. The number of hydrogen-bond acceptors (Lipinski definition) is 4. The molecule has 0 saturated carbocycles. The van der Waals surface area contributed by atoms with Gasteiger partial charge < -0.3 is 21.1 Å². The maximum atomic E-state index is 12.3. The Morgan fingerprint density at radius 1 is 0.926 bits per heavy atom. The molecule has 0 spiro atoms. The Morgan fingerprint density at radius 2 is 1.52 bits per heavy atom. The van der Waals surface area contributed by atoms with Gasteiger partial charge in [0.2, 0.25) is 11.8 Å². The molecule has 0 saturated heterocycles. The Morgan fingerprint density at radius 3 is 2.11 bits per heavy atom. The molecule has 0 fully saturated rings. The molecule has 0 aliphatic carbocycles. The maximum absolute atomic E-state index is 12.3. The van der Waals surface area contributed by atoms with Gasteiger partial charge in [0, 0.05) is 6.54 Å². The Bertz CT molecular complexity index is 750. The summed E-state index contributed by atoms with van der Waals surface area (Å²) in [6.45, 7) is 0.435. The number of primary amides is 1. The Hall–Kier alpha value is -3.35. The predicted octanol–water partition coefficient (Wildman–Crippen LogP) is 1.52. The quantitative estimate of drug-likeness (QED) is 0.622. The zero-order valence-corrected chi connectivity index (χ0v) is 14.9. The van der Waals surface area contributed by atoms with E-state index < -0.39 is 23.9 Å². The molecule has 0 aliphatic heterocycles. The van der Waals surface area contributed by atoms with Gasteiger partial charge in [0.05, 0.1) is 6.42 Å². The van der Waals surface area contributed by atoms with Gasteiger partial charge in [0.25, 0.3) is 0 Å². The normalized spacial score (nSPS) is 11.3. The molecule has 0 bridgehead atoms. The third-order valence-electron chi connectivity index (χ3n) is 3.78. The Labute approximate surface area is 157 Å². The summed E-state index contributed by atoms with van der Waals surface area (Å²) in [6.07, 6.45) is -0.463. The van der Waals surface area contributed by atoms with Gasteiger partial charge in [-0.3, -0.25) is 9.59 Å². The number of amides is 3. The molecule has 0 heterocycles. The van der Waals surface area contributed by atoms with Crippen LogP contribution < -0.4 is 16.4 Å². The first-order valence-corrected chi connectivity index (χ1v) is 8.62. The van der Waals surface area contributed by atoms with Crippen LogP contribution in [-0.2, 0) is 27.4 Å². The highest BCUT2D eigenvalue weighted by atomic mass is 16.5. The van der Waals surface area contributed by atoms with Gasteiger partial charge in [-0.1, -0.05) is 60.7 Å². The number of hydrogen-bond donors (Lipinski definition) is 3. The molecule has 0 aromatic heterocycles. The van der Waals surface area contributed by atoms with E-state index in [9.17, 15) is 14.4 Å². The van der Waals surface area contributed by atoms with Gasteiger partial charge in [-0.25, -0.2) is 4.79 Å². The van der Waals surface area contributed by atoms with E-state index in [1.807, 2.05) is 60.7 Å². The van der Waals surface area contributed by atoms with E-state index in [0.717, 1.165) is 11.1 Å². The lowest BCUT2D eigenvalue weighted by atomic mass is 10.1. The SMILES string of the molecule is NC(=O)C[C@@H](NC(=O)OCc1ccccc1)C(=O)NCCc1ccccc1. The van der Waals surface area contributed by atoms with Gasteiger partial charge in [-0.15, -0.1) is 0 Å². The summed E-state index contributed by atoms with van der Waals surface area (Å²) < 4.78 is 5.08. The van der Waals surface area contributed by atoms with Crippen LogP contribution in [0.4, 0.5) is 4.79 Å². The maximum Gasteiger partial charge on any atom is 0.408 e. The predicted molar refractivity (Wildman–Crippen MR) is 101 cm³/mol. The topological polar surface area (TPSA) is 111 Å². The number of ether oxygens (including phenoxy) is 1. The fraction of sp³-hybridized carbons (Fsp3) is 0.250. The van der Waals surface area contributed by atoms with Gasteiger partial charge in [-0.2, -0.15) is 0 Å². The number of alkyl carbamates (subject to hydrolysis) is 1. The first-order valence-electron chi connectivity index (χ1n) is 8.62. The number of nitrogens with one attached hydrogen (secondary N) is 2. The molecule has 0 unspecified atom stereocenters. The minimum Gasteiger partial charge on any atom is -0.445 e. The second kappa shape index (κ2) is 10.6. The summed E-state index contributed by atoms with van der Waals surface area (Å²) in [5, 5.41) is 5.09. The van der Waals surface area contributed by atoms with E-state index in [1.54, 1.807) is 0 Å². The third-order valence-corrected chi connectivity index (χ3v) is 3.78. The molecule has 27 heavy (non-hydrogen) atoms. The molecule has 3 amide bonds. The van der Waals surface area contributed by atoms with Crippen molar-refractivity contribution in [2.75, 3.05) is 6.54 Å². The van der Waals surface area contributed by atoms with Gasteiger partial charge in [0.15, 0.2) is 0 Å². The average molecular weight is 369 g/mol. The highest BCUT2D eigenvalue weighted by molar-refractivity contribution is 5.90. The van der Waals surface area contributed by atoms with Crippen LogP contribution in [0.25, 0.3) is 0 Å². The van der Waals surface area contributed by atoms with Crippen molar-refractivity contribution in [3.8, 4) is 0 Å². The van der Waals surface area contributed by atoms with Crippen LogP contribution in [0.3, 0.4) is 0 Å². The van der Waals surface area contributed by atoms with Crippen LogP contribution in [0, 0.1) is 0 Å². The lowest BCUT2D eigenvalue weighted by molar-refractivity contribution is -0.127. The molecular weight excluding hydrogens is 346 g/mol. The number of benzene rings is 2. The molecule has 0 radical (unpaired) electrons. The zero-order chi connectivity index (χ0) is 19.5. The van der Waals surface area contributed by atoms with Gasteiger partial charge in [-0.05, 0) is 17.5 Å². The summed E-state index contributed by atoms with van der Waals surface area (Å²) >= 11 is 0. The first-order chi connectivity index (χ1) is 13.0. The summed E-state index contributed by atoms with van der Waals surface area (Å²) in [4.78, 5) is 35.5. The van der Waals surface area contributed by atoms with Gasteiger partial charge >= 0.3 is 6.09 Å². The first kappa shape index (κ1) is 20.0.